The molecule has 0 aliphatic rings. The van der Waals surface area contributed by atoms with E-state index in [2.05, 4.69) is 31.2 Å². The van der Waals surface area contributed by atoms with Gasteiger partial charge in [0.2, 0.25) is 0 Å². The molecule has 232 valence electrons. The second-order valence-electron chi connectivity index (χ2n) is 11.2. The number of aliphatic hydroxyl groups excluding tert-OH is 2. The van der Waals surface area contributed by atoms with Crippen molar-refractivity contribution in [3.05, 3.63) is 24.3 Å². The Bertz CT molecular complexity index is 670. The maximum Gasteiger partial charge on any atom is 0.385 e. The molecule has 2 unspecified atom stereocenters. The van der Waals surface area contributed by atoms with Crippen molar-refractivity contribution in [2.75, 3.05) is 40.5 Å². The van der Waals surface area contributed by atoms with Crippen molar-refractivity contribution >= 4 is 7.60 Å². The average molecular weight is 579 g/mol. The van der Waals surface area contributed by atoms with Gasteiger partial charge in [-0.3, -0.25) is 4.57 Å². The van der Waals surface area contributed by atoms with Crippen LogP contribution >= 0.6 is 7.60 Å². The molecular weight excluding hydrogens is 517 g/mol. The molecule has 39 heavy (non-hydrogen) atoms. The highest BCUT2D eigenvalue weighted by Crippen LogP contribution is 2.52. The van der Waals surface area contributed by atoms with Gasteiger partial charge in [0.15, 0.2) is 12.1 Å². The summed E-state index contributed by atoms with van der Waals surface area (Å²) in [4.78, 5) is 10.6. The van der Waals surface area contributed by atoms with Gasteiger partial charge in [-0.1, -0.05) is 57.4 Å². The van der Waals surface area contributed by atoms with E-state index in [0.717, 1.165) is 25.7 Å². The van der Waals surface area contributed by atoms with Gasteiger partial charge in [0.05, 0.1) is 33.9 Å². The van der Waals surface area contributed by atoms with Crippen molar-refractivity contribution in [3.63, 3.8) is 0 Å². The van der Waals surface area contributed by atoms with Crippen molar-refractivity contribution in [1.29, 1.82) is 0 Å². The number of allylic oxidation sites excluding steroid dienone is 4. The Morgan fingerprint density at radius 2 is 1.28 bits per heavy atom. The fraction of sp³-hybridized carbons (Fsp3) is 0.867. The first-order valence-electron chi connectivity index (χ1n) is 15.3. The summed E-state index contributed by atoms with van der Waals surface area (Å²) in [6, 6.07) is 0. The number of quaternary nitrogens is 1. The first-order valence-corrected chi connectivity index (χ1v) is 16.9. The average Bonchev–Trinajstić information content (AvgIpc) is 2.88. The third kappa shape index (κ3) is 21.8. The van der Waals surface area contributed by atoms with Crippen molar-refractivity contribution in [1.82, 2.24) is 0 Å². The Morgan fingerprint density at radius 3 is 1.79 bits per heavy atom. The van der Waals surface area contributed by atoms with E-state index < -0.39 is 25.8 Å². The van der Waals surface area contributed by atoms with E-state index in [0.29, 0.717) is 26.0 Å². The summed E-state index contributed by atoms with van der Waals surface area (Å²) in [7, 11) is -0.496. The topological polar surface area (TPSA) is 116 Å². The lowest BCUT2D eigenvalue weighted by molar-refractivity contribution is -0.904. The second kappa shape index (κ2) is 24.1. The van der Waals surface area contributed by atoms with E-state index in [1.54, 1.807) is 14.1 Å². The number of hydrogen-bond donors (Lipinski definition) is 4. The molecule has 0 spiro atoms. The predicted octanol–water partition coefficient (Wildman–Crippen LogP) is 6.28. The molecule has 0 heterocycles. The maximum atomic E-state index is 13.0. The monoisotopic (exact) mass is 578 g/mol. The van der Waals surface area contributed by atoms with E-state index >= 15 is 0 Å². The number of nitrogens with zero attached hydrogens (tertiary/aromatic N) is 1. The molecule has 3 atom stereocenters. The van der Waals surface area contributed by atoms with Crippen LogP contribution in [0, 0.1) is 0 Å². The molecule has 0 aromatic rings. The molecule has 0 aromatic heterocycles. The minimum Gasteiger partial charge on any atom is -0.388 e. The van der Waals surface area contributed by atoms with Crippen molar-refractivity contribution < 1.29 is 38.5 Å². The molecule has 0 aliphatic heterocycles. The van der Waals surface area contributed by atoms with E-state index in [4.69, 9.17) is 9.26 Å². The Balaban J connectivity index is 3.95. The van der Waals surface area contributed by atoms with Crippen LogP contribution in [0.5, 0.6) is 0 Å². The van der Waals surface area contributed by atoms with Gasteiger partial charge in [-0.05, 0) is 64.2 Å². The van der Waals surface area contributed by atoms with E-state index in [9.17, 15) is 24.8 Å². The van der Waals surface area contributed by atoms with Gasteiger partial charge in [0.25, 0.3) is 0 Å². The first kappa shape index (κ1) is 38.4. The van der Waals surface area contributed by atoms with E-state index in [-0.39, 0.29) is 24.1 Å². The normalized spacial score (nSPS) is 15.9. The summed E-state index contributed by atoms with van der Waals surface area (Å²) in [5, 5.41) is 28.5. The maximum absolute atomic E-state index is 13.0. The Kier molecular flexibility index (Phi) is 23.7. The van der Waals surface area contributed by atoms with Crippen LogP contribution < -0.4 is 0 Å². The zero-order valence-electron chi connectivity index (χ0n) is 25.4. The molecule has 0 rings (SSSR count). The van der Waals surface area contributed by atoms with Crippen molar-refractivity contribution in [2.45, 2.75) is 128 Å². The summed E-state index contributed by atoms with van der Waals surface area (Å²) < 4.78 is 23.9. The van der Waals surface area contributed by atoms with Crippen LogP contribution in [0.25, 0.3) is 0 Å². The molecular formula is C30H61NO7P+. The number of unbranched alkanes of at least 4 members (excludes halogenated alkanes) is 9. The van der Waals surface area contributed by atoms with Crippen LogP contribution in [0.3, 0.4) is 0 Å². The highest BCUT2D eigenvalue weighted by Gasteiger charge is 2.44. The van der Waals surface area contributed by atoms with Crippen molar-refractivity contribution in [2.24, 2.45) is 0 Å². The highest BCUT2D eigenvalue weighted by atomic mass is 31.2. The molecule has 0 aromatic carbocycles. The summed E-state index contributed by atoms with van der Waals surface area (Å²) in [5.41, 5.74) is 0. The molecule has 9 heteroatoms. The summed E-state index contributed by atoms with van der Waals surface area (Å²) >= 11 is 0. The predicted molar refractivity (Wildman–Crippen MR) is 160 cm³/mol. The van der Waals surface area contributed by atoms with Crippen LogP contribution in [-0.4, -0.2) is 83.3 Å². The number of rotatable bonds is 27. The third-order valence-corrected chi connectivity index (χ3v) is 9.07. The number of hydrogen-bond acceptors (Lipinski definition) is 6. The molecule has 0 fully saturated rings. The first-order chi connectivity index (χ1) is 18.6. The third-order valence-electron chi connectivity index (χ3n) is 6.91. The van der Waals surface area contributed by atoms with Gasteiger partial charge in [-0.2, -0.15) is 0 Å². The second-order valence-corrected chi connectivity index (χ2v) is 13.2. The largest absolute Gasteiger partial charge is 0.388 e. The molecule has 0 aliphatic carbocycles. The molecule has 8 nitrogen and oxygen atoms in total. The molecule has 0 saturated carbocycles. The standard InChI is InChI=1S/C30H60NO7P/c1-5-7-8-9-10-11-12-13-14-15-16-17-18-19-20-21-25-37-26-28(32)27-38-39(35,36)29(22-6-2)31(3,4)24-23-30(33)34/h11-12,17-18,28-30,32-34H,5-10,13-16,19-27H2,1-4H3/p+1/b12-11-,18-17-/t28-,29?/m1/s1. The smallest absolute Gasteiger partial charge is 0.385 e. The summed E-state index contributed by atoms with van der Waals surface area (Å²) in [5.74, 6) is -0.718. The minimum absolute atomic E-state index is 0.0520. The lowest BCUT2D eigenvalue weighted by atomic mass is 10.1. The SMILES string of the molecule is CCCCCC/C=C\CCCC/C=C\CCCCOC[C@@H](O)COP(=O)(O)C(CCC)[N+](C)(C)CCC(O)O. The Morgan fingerprint density at radius 1 is 0.744 bits per heavy atom. The van der Waals surface area contributed by atoms with Gasteiger partial charge in [-0.25, -0.2) is 0 Å². The van der Waals surface area contributed by atoms with E-state index in [1.165, 1.54) is 51.4 Å². The van der Waals surface area contributed by atoms with Gasteiger partial charge < -0.3 is 34.0 Å². The van der Waals surface area contributed by atoms with Crippen LogP contribution in [0.1, 0.15) is 110 Å². The molecule has 0 radical (unpaired) electrons. The Hall–Kier alpha value is -0.570. The molecule has 4 N–H and O–H groups in total. The fourth-order valence-corrected chi connectivity index (χ4v) is 6.51. The van der Waals surface area contributed by atoms with Crippen LogP contribution in [0.4, 0.5) is 0 Å². The van der Waals surface area contributed by atoms with Crippen LogP contribution in [0.2, 0.25) is 0 Å². The number of aliphatic hydroxyl groups is 3. The lowest BCUT2D eigenvalue weighted by Crippen LogP contribution is -2.50. The summed E-state index contributed by atoms with van der Waals surface area (Å²) in [6.45, 7) is 4.77. The lowest BCUT2D eigenvalue weighted by Gasteiger charge is -2.39. The summed E-state index contributed by atoms with van der Waals surface area (Å²) in [6.07, 6.45) is 22.2. The molecule has 0 bridgehead atoms. The molecule has 0 amide bonds. The van der Waals surface area contributed by atoms with E-state index in [1.807, 2.05) is 6.92 Å². The fourth-order valence-electron chi connectivity index (χ4n) is 4.46. The van der Waals surface area contributed by atoms with Crippen molar-refractivity contribution in [3.8, 4) is 0 Å². The highest BCUT2D eigenvalue weighted by molar-refractivity contribution is 7.53. The number of ether oxygens (including phenoxy) is 1. The zero-order chi connectivity index (χ0) is 29.4. The van der Waals surface area contributed by atoms with Gasteiger partial charge >= 0.3 is 7.60 Å². The van der Waals surface area contributed by atoms with Gasteiger partial charge in [0.1, 0.15) is 6.10 Å². The Labute approximate surface area is 239 Å². The zero-order valence-corrected chi connectivity index (χ0v) is 26.3. The molecule has 0 saturated heterocycles. The quantitative estimate of drug-likeness (QED) is 0.0298. The van der Waals surface area contributed by atoms with Crippen LogP contribution in [-0.2, 0) is 13.8 Å². The van der Waals surface area contributed by atoms with Crippen LogP contribution in [0.15, 0.2) is 24.3 Å². The van der Waals surface area contributed by atoms with Gasteiger partial charge in [0, 0.05) is 19.4 Å². The van der Waals surface area contributed by atoms with Gasteiger partial charge in [-0.15, -0.1) is 0 Å². The minimum atomic E-state index is -4.05.